The van der Waals surface area contributed by atoms with E-state index in [1.54, 1.807) is 5.43 Å². The van der Waals surface area contributed by atoms with Crippen molar-refractivity contribution in [2.75, 3.05) is 0 Å². The minimum absolute atomic E-state index is 0.292. The van der Waals surface area contributed by atoms with Gasteiger partial charge < -0.3 is 5.11 Å². The van der Waals surface area contributed by atoms with E-state index in [9.17, 15) is 27.6 Å². The van der Waals surface area contributed by atoms with Crippen molar-refractivity contribution >= 4 is 29.4 Å². The summed E-state index contributed by atoms with van der Waals surface area (Å²) in [4.78, 5) is 32.3. The summed E-state index contributed by atoms with van der Waals surface area (Å²) in [6.45, 7) is 0. The monoisotopic (exact) mass is 310 g/mol. The molecule has 20 heavy (non-hydrogen) atoms. The lowest BCUT2D eigenvalue weighted by molar-refractivity contribution is -0.150. The molecule has 0 spiro atoms. The maximum atomic E-state index is 12.5. The maximum absolute atomic E-state index is 12.5. The molecule has 1 aromatic rings. The number of nitrogens with one attached hydrogen (secondary N) is 2. The second kappa shape index (κ2) is 5.78. The molecule has 108 valence electrons. The molecule has 3 N–H and O–H groups in total. The van der Waals surface area contributed by atoms with E-state index in [0.29, 0.717) is 12.1 Å². The van der Waals surface area contributed by atoms with Crippen LogP contribution in [-0.2, 0) is 15.8 Å². The van der Waals surface area contributed by atoms with Gasteiger partial charge in [-0.2, -0.15) is 13.2 Å². The molecule has 1 aromatic carbocycles. The first-order valence-electron chi connectivity index (χ1n) is 4.83. The number of carbonyl (C=O) groups is 3. The Morgan fingerprint density at radius 2 is 1.75 bits per heavy atom. The lowest BCUT2D eigenvalue weighted by atomic mass is 10.1. The highest BCUT2D eigenvalue weighted by atomic mass is 35.5. The van der Waals surface area contributed by atoms with Gasteiger partial charge in [0, 0.05) is 0 Å². The normalized spacial score (nSPS) is 10.8. The molecule has 0 aromatic heterocycles. The van der Waals surface area contributed by atoms with E-state index >= 15 is 0 Å². The molecule has 0 radical (unpaired) electrons. The van der Waals surface area contributed by atoms with Gasteiger partial charge in [0.05, 0.1) is 16.1 Å². The number of hydrogen-bond donors (Lipinski definition) is 3. The van der Waals surface area contributed by atoms with Crippen molar-refractivity contribution < 1.29 is 32.7 Å². The summed E-state index contributed by atoms with van der Waals surface area (Å²) in [5.74, 6) is -4.61. The van der Waals surface area contributed by atoms with Crippen molar-refractivity contribution in [2.45, 2.75) is 6.18 Å². The first-order chi connectivity index (χ1) is 9.12. The minimum atomic E-state index is -4.68. The molecule has 0 bridgehead atoms. The molecule has 0 aliphatic carbocycles. The van der Waals surface area contributed by atoms with Crippen LogP contribution in [-0.4, -0.2) is 22.9 Å². The Morgan fingerprint density at radius 3 is 2.25 bits per heavy atom. The van der Waals surface area contributed by atoms with E-state index in [1.165, 1.54) is 5.43 Å². The molecule has 2 amide bonds. The molecule has 0 heterocycles. The minimum Gasteiger partial charge on any atom is -0.474 e. The largest absolute Gasteiger partial charge is 0.474 e. The smallest absolute Gasteiger partial charge is 0.416 e. The van der Waals surface area contributed by atoms with Gasteiger partial charge in [0.2, 0.25) is 0 Å². The van der Waals surface area contributed by atoms with Gasteiger partial charge in [-0.25, -0.2) is 4.79 Å². The van der Waals surface area contributed by atoms with Crippen LogP contribution in [0.3, 0.4) is 0 Å². The fourth-order valence-electron chi connectivity index (χ4n) is 1.11. The first kappa shape index (κ1) is 15.8. The fraction of sp³-hybridized carbons (Fsp3) is 0.100. The highest BCUT2D eigenvalue weighted by Crippen LogP contribution is 2.31. The van der Waals surface area contributed by atoms with Crippen LogP contribution in [0.2, 0.25) is 5.02 Å². The molecule has 1 rings (SSSR count). The van der Waals surface area contributed by atoms with E-state index in [-0.39, 0.29) is 5.02 Å². The Bertz CT molecular complexity index is 574. The first-order valence-corrected chi connectivity index (χ1v) is 5.21. The summed E-state index contributed by atoms with van der Waals surface area (Å²) < 4.78 is 37.4. The van der Waals surface area contributed by atoms with E-state index in [2.05, 4.69) is 0 Å². The third-order valence-electron chi connectivity index (χ3n) is 2.02. The van der Waals surface area contributed by atoms with Crippen LogP contribution >= 0.6 is 11.6 Å². The van der Waals surface area contributed by atoms with Crippen LogP contribution in [0.25, 0.3) is 0 Å². The number of alkyl halides is 3. The van der Waals surface area contributed by atoms with Crippen LogP contribution < -0.4 is 10.9 Å². The molecule has 0 aliphatic rings. The molecule has 0 saturated carbocycles. The average Bonchev–Trinajstić information content (AvgIpc) is 2.34. The summed E-state index contributed by atoms with van der Waals surface area (Å²) in [5, 5.41) is 7.94. The number of hydrogen-bond acceptors (Lipinski definition) is 3. The number of rotatable bonds is 1. The zero-order valence-corrected chi connectivity index (χ0v) is 10.2. The predicted octanol–water partition coefficient (Wildman–Crippen LogP) is 1.20. The van der Waals surface area contributed by atoms with E-state index in [4.69, 9.17) is 16.7 Å². The highest BCUT2D eigenvalue weighted by Gasteiger charge is 2.31. The number of aliphatic carboxylic acids is 1. The summed E-state index contributed by atoms with van der Waals surface area (Å²) in [6, 6.07) is 2.01. The molecule has 10 heteroatoms. The number of amides is 2. The number of carboxylic acid groups (broad SMARTS) is 1. The number of benzene rings is 1. The lowest BCUT2D eigenvalue weighted by Gasteiger charge is -2.10. The molecular weight excluding hydrogens is 305 g/mol. The third-order valence-corrected chi connectivity index (χ3v) is 2.35. The van der Waals surface area contributed by atoms with Crippen LogP contribution in [0, 0.1) is 0 Å². The number of halogens is 4. The van der Waals surface area contributed by atoms with Gasteiger partial charge in [-0.05, 0) is 18.2 Å². The maximum Gasteiger partial charge on any atom is 0.416 e. The summed E-state index contributed by atoms with van der Waals surface area (Å²) in [6.07, 6.45) is -4.68. The van der Waals surface area contributed by atoms with Crippen LogP contribution in [0.1, 0.15) is 15.9 Å². The highest BCUT2D eigenvalue weighted by molar-refractivity contribution is 6.34. The zero-order chi connectivity index (χ0) is 15.5. The summed E-state index contributed by atoms with van der Waals surface area (Å²) in [5.41, 5.74) is 1.44. The summed E-state index contributed by atoms with van der Waals surface area (Å²) >= 11 is 5.56. The van der Waals surface area contributed by atoms with Crippen molar-refractivity contribution in [2.24, 2.45) is 0 Å². The van der Waals surface area contributed by atoms with Crippen molar-refractivity contribution in [3.05, 3.63) is 34.3 Å². The van der Waals surface area contributed by atoms with Gasteiger partial charge >= 0.3 is 18.1 Å². The predicted molar refractivity (Wildman–Crippen MR) is 59.7 cm³/mol. The van der Waals surface area contributed by atoms with Crippen LogP contribution in [0.5, 0.6) is 0 Å². The van der Waals surface area contributed by atoms with Gasteiger partial charge in [0.25, 0.3) is 5.91 Å². The molecule has 0 atom stereocenters. The van der Waals surface area contributed by atoms with Crippen molar-refractivity contribution in [3.63, 3.8) is 0 Å². The second-order valence-corrected chi connectivity index (χ2v) is 3.81. The standard InChI is InChI=1S/C10H6ClF3N2O4/c11-6-2-1-4(10(12,13)14)3-5(6)7(17)15-16-8(18)9(19)20/h1-3H,(H,15,17)(H,16,18)(H,19,20). The van der Waals surface area contributed by atoms with Gasteiger partial charge in [-0.3, -0.25) is 20.4 Å². The Hall–Kier alpha value is -2.29. The van der Waals surface area contributed by atoms with Crippen molar-refractivity contribution in [1.82, 2.24) is 10.9 Å². The summed E-state index contributed by atoms with van der Waals surface area (Å²) in [7, 11) is 0. The number of hydrazine groups is 1. The Balaban J connectivity index is 2.93. The third kappa shape index (κ3) is 3.85. The molecule has 0 aliphatic heterocycles. The zero-order valence-electron chi connectivity index (χ0n) is 9.42. The van der Waals surface area contributed by atoms with Gasteiger partial charge in [-0.15, -0.1) is 0 Å². The number of carbonyl (C=O) groups excluding carboxylic acids is 2. The molecule has 6 nitrogen and oxygen atoms in total. The Kier molecular flexibility index (Phi) is 4.56. The fourth-order valence-corrected chi connectivity index (χ4v) is 1.31. The topological polar surface area (TPSA) is 95.5 Å². The number of carboxylic acids is 1. The van der Waals surface area contributed by atoms with E-state index in [1.807, 2.05) is 0 Å². The molecule has 0 fully saturated rings. The lowest BCUT2D eigenvalue weighted by Crippen LogP contribution is -2.44. The van der Waals surface area contributed by atoms with Gasteiger partial charge in [0.1, 0.15) is 0 Å². The van der Waals surface area contributed by atoms with Crippen molar-refractivity contribution in [1.29, 1.82) is 0 Å². The molecule has 0 saturated heterocycles. The molecule has 0 unspecified atom stereocenters. The van der Waals surface area contributed by atoms with E-state index < -0.39 is 35.1 Å². The second-order valence-electron chi connectivity index (χ2n) is 3.41. The van der Waals surface area contributed by atoms with E-state index in [0.717, 1.165) is 6.07 Å². The average molecular weight is 311 g/mol. The van der Waals surface area contributed by atoms with Gasteiger partial charge in [0.15, 0.2) is 0 Å². The van der Waals surface area contributed by atoms with Crippen molar-refractivity contribution in [3.8, 4) is 0 Å². The Morgan fingerprint density at radius 1 is 1.15 bits per heavy atom. The Labute approximate surface area is 114 Å². The quantitative estimate of drug-likeness (QED) is 0.536. The van der Waals surface area contributed by atoms with Crippen LogP contribution in [0.4, 0.5) is 13.2 Å². The SMILES string of the molecule is O=C(O)C(=O)NNC(=O)c1cc(C(F)(F)F)ccc1Cl. The van der Waals surface area contributed by atoms with Crippen LogP contribution in [0.15, 0.2) is 18.2 Å². The molecular formula is C10H6ClF3N2O4. The van der Waals surface area contributed by atoms with Gasteiger partial charge in [-0.1, -0.05) is 11.6 Å².